The lowest BCUT2D eigenvalue weighted by molar-refractivity contribution is 0.406. The molecule has 1 aliphatic heterocycles. The van der Waals surface area contributed by atoms with Crippen LogP contribution in [0.1, 0.15) is 19.8 Å². The van der Waals surface area contributed by atoms with Crippen molar-refractivity contribution in [3.8, 4) is 28.8 Å². The van der Waals surface area contributed by atoms with Crippen molar-refractivity contribution in [2.45, 2.75) is 19.8 Å². The summed E-state index contributed by atoms with van der Waals surface area (Å²) in [6.45, 7) is 1.56. The van der Waals surface area contributed by atoms with Crippen LogP contribution in [0.5, 0.6) is 17.2 Å². The maximum Gasteiger partial charge on any atom is 0.255 e. The summed E-state index contributed by atoms with van der Waals surface area (Å²) in [6.07, 6.45) is 5.39. The second kappa shape index (κ2) is 9.26. The fourth-order valence-corrected chi connectivity index (χ4v) is 4.36. The zero-order valence-corrected chi connectivity index (χ0v) is 19.4. The number of halogens is 1. The average Bonchev–Trinajstić information content (AvgIpc) is 3.29. The Morgan fingerprint density at radius 2 is 1.86 bits per heavy atom. The van der Waals surface area contributed by atoms with Gasteiger partial charge in [0.25, 0.3) is 5.95 Å². The van der Waals surface area contributed by atoms with E-state index in [1.807, 2.05) is 12.1 Å². The summed E-state index contributed by atoms with van der Waals surface area (Å²) < 4.78 is 50.6. The first-order chi connectivity index (χ1) is 16.9. The number of nitrogens with one attached hydrogen (secondary N) is 1. The Morgan fingerprint density at radius 1 is 1.03 bits per heavy atom. The van der Waals surface area contributed by atoms with Crippen molar-refractivity contribution >= 4 is 26.8 Å². The highest BCUT2D eigenvalue weighted by Crippen LogP contribution is 2.37. The van der Waals surface area contributed by atoms with Gasteiger partial charge in [0.05, 0.1) is 16.8 Å². The molecule has 0 saturated carbocycles. The number of hydrogen-bond donors (Lipinski definition) is 1. The van der Waals surface area contributed by atoms with Crippen LogP contribution in [-0.4, -0.2) is 40.0 Å². The zero-order valence-electron chi connectivity index (χ0n) is 18.6. The molecule has 3 aromatic heterocycles. The van der Waals surface area contributed by atoms with E-state index in [1.54, 1.807) is 43.5 Å². The number of benzene rings is 1. The maximum atomic E-state index is 14.2. The summed E-state index contributed by atoms with van der Waals surface area (Å²) in [5.74, 6) is 0.167. The van der Waals surface area contributed by atoms with Crippen LogP contribution in [0.4, 0.5) is 4.39 Å². The molecule has 0 aliphatic carbocycles. The van der Waals surface area contributed by atoms with Crippen molar-refractivity contribution in [3.63, 3.8) is 0 Å². The molecule has 0 unspecified atom stereocenters. The number of H-pyrrole nitrogens is 1. The van der Waals surface area contributed by atoms with Crippen LogP contribution < -0.4 is 9.47 Å². The molecule has 0 bridgehead atoms. The van der Waals surface area contributed by atoms with E-state index in [1.165, 1.54) is 12.3 Å². The summed E-state index contributed by atoms with van der Waals surface area (Å²) >= 11 is 0. The molecule has 9 nitrogen and oxygen atoms in total. The molecule has 0 saturated heterocycles. The summed E-state index contributed by atoms with van der Waals surface area (Å²) in [4.78, 5) is 19.9. The third-order valence-corrected chi connectivity index (χ3v) is 6.89. The van der Waals surface area contributed by atoms with Crippen molar-refractivity contribution in [1.82, 2.24) is 19.9 Å². The fourth-order valence-electron chi connectivity index (χ4n) is 3.46. The number of sulfone groups is 1. The Balaban J connectivity index is 1.57. The van der Waals surface area contributed by atoms with E-state index in [-0.39, 0.29) is 33.9 Å². The number of pyridine rings is 2. The predicted molar refractivity (Wildman–Crippen MR) is 128 cm³/mol. The second-order valence-corrected chi connectivity index (χ2v) is 9.83. The van der Waals surface area contributed by atoms with E-state index in [2.05, 4.69) is 24.9 Å². The summed E-state index contributed by atoms with van der Waals surface area (Å²) in [7, 11) is -3.49. The van der Waals surface area contributed by atoms with Crippen molar-refractivity contribution in [3.05, 3.63) is 71.9 Å². The van der Waals surface area contributed by atoms with Gasteiger partial charge in [-0.05, 0) is 36.8 Å². The van der Waals surface area contributed by atoms with E-state index < -0.39 is 15.8 Å². The molecule has 1 N–H and O–H groups in total. The minimum absolute atomic E-state index is 0.0275. The van der Waals surface area contributed by atoms with Gasteiger partial charge in [0.1, 0.15) is 5.69 Å². The van der Waals surface area contributed by atoms with Gasteiger partial charge in [0, 0.05) is 30.9 Å². The lowest BCUT2D eigenvalue weighted by Gasteiger charge is -2.16. The van der Waals surface area contributed by atoms with Gasteiger partial charge in [-0.15, -0.1) is 0 Å². The molecule has 5 rings (SSSR count). The quantitative estimate of drug-likeness (QED) is 0.383. The number of fused-ring (bicyclic) bond motifs is 1. The topological polar surface area (TPSA) is 119 Å². The highest BCUT2D eigenvalue weighted by Gasteiger charge is 2.22. The molecule has 0 amide bonds. The van der Waals surface area contributed by atoms with Crippen LogP contribution in [0.3, 0.4) is 0 Å². The average molecular weight is 494 g/mol. The van der Waals surface area contributed by atoms with Gasteiger partial charge in [-0.1, -0.05) is 13.0 Å². The number of hydrogen-bond acceptors (Lipinski definition) is 8. The number of aromatic amines is 1. The first-order valence-electron chi connectivity index (χ1n) is 10.8. The smallest absolute Gasteiger partial charge is 0.255 e. The Bertz CT molecular complexity index is 1570. The molecule has 4 heterocycles. The third kappa shape index (κ3) is 4.76. The Labute approximate surface area is 200 Å². The molecule has 11 heteroatoms. The molecule has 0 radical (unpaired) electrons. The SMILES string of the molecule is CCS(=O)(=O)C1=CCCC(Oc2cc3nc(-c4ccccn4)[nH]c3cc2Oc2cccnc2F)=N1. The molecule has 4 aromatic rings. The Hall–Kier alpha value is -4.12. The van der Waals surface area contributed by atoms with Crippen molar-refractivity contribution in [2.75, 3.05) is 5.75 Å². The molecule has 0 atom stereocenters. The lowest BCUT2D eigenvalue weighted by Crippen LogP contribution is -2.16. The van der Waals surface area contributed by atoms with Crippen LogP contribution in [0.2, 0.25) is 0 Å². The monoisotopic (exact) mass is 493 g/mol. The van der Waals surface area contributed by atoms with Crippen LogP contribution >= 0.6 is 0 Å². The third-order valence-electron chi connectivity index (χ3n) is 5.24. The molecule has 0 spiro atoms. The Morgan fingerprint density at radius 3 is 2.63 bits per heavy atom. The van der Waals surface area contributed by atoms with Crippen LogP contribution in [-0.2, 0) is 9.84 Å². The number of nitrogens with zero attached hydrogens (tertiary/aromatic N) is 4. The number of ether oxygens (including phenoxy) is 2. The fraction of sp³-hybridized carbons (Fsp3) is 0.167. The molecular weight excluding hydrogens is 473 g/mol. The first kappa shape index (κ1) is 22.7. The molecule has 1 aliphatic rings. The largest absolute Gasteiger partial charge is 0.449 e. The maximum absolute atomic E-state index is 14.2. The number of allylic oxidation sites excluding steroid dienone is 1. The molecule has 1 aromatic carbocycles. The number of imidazole rings is 1. The first-order valence-corrected chi connectivity index (χ1v) is 12.5. The van der Waals surface area contributed by atoms with Gasteiger partial charge in [-0.25, -0.2) is 23.4 Å². The van der Waals surface area contributed by atoms with Crippen LogP contribution in [0, 0.1) is 5.95 Å². The van der Waals surface area contributed by atoms with Gasteiger partial charge in [-0.2, -0.15) is 4.39 Å². The van der Waals surface area contributed by atoms with E-state index in [0.29, 0.717) is 35.4 Å². The summed E-state index contributed by atoms with van der Waals surface area (Å²) in [5, 5.41) is -0.0275. The van der Waals surface area contributed by atoms with E-state index in [0.717, 1.165) is 0 Å². The van der Waals surface area contributed by atoms with Crippen molar-refractivity contribution in [2.24, 2.45) is 4.99 Å². The minimum atomic E-state index is -3.49. The van der Waals surface area contributed by atoms with Gasteiger partial charge < -0.3 is 14.5 Å². The van der Waals surface area contributed by atoms with Crippen molar-refractivity contribution < 1.29 is 22.3 Å². The van der Waals surface area contributed by atoms with Gasteiger partial charge in [0.2, 0.25) is 0 Å². The van der Waals surface area contributed by atoms with Crippen LogP contribution in [0.25, 0.3) is 22.6 Å². The predicted octanol–water partition coefficient (Wildman–Crippen LogP) is 4.80. The normalized spacial score (nSPS) is 13.9. The molecular formula is C24H20FN5O4S. The number of aliphatic imine (C=N–C) groups is 1. The molecule has 178 valence electrons. The lowest BCUT2D eigenvalue weighted by atomic mass is 10.2. The van der Waals surface area contributed by atoms with E-state index in [9.17, 15) is 12.8 Å². The summed E-state index contributed by atoms with van der Waals surface area (Å²) in [5.41, 5.74) is 1.80. The van der Waals surface area contributed by atoms with E-state index >= 15 is 0 Å². The second-order valence-electron chi connectivity index (χ2n) is 7.60. The highest BCUT2D eigenvalue weighted by molar-refractivity contribution is 7.95. The van der Waals surface area contributed by atoms with Crippen molar-refractivity contribution in [1.29, 1.82) is 0 Å². The molecule has 35 heavy (non-hydrogen) atoms. The number of rotatable bonds is 6. The minimum Gasteiger partial charge on any atom is -0.449 e. The van der Waals surface area contributed by atoms with E-state index in [4.69, 9.17) is 9.47 Å². The van der Waals surface area contributed by atoms with Crippen LogP contribution in [0.15, 0.2) is 71.0 Å². The standard InChI is InChI=1S/C24H20FN5O4S/c1-2-35(31,32)22-10-5-9-21(30-22)34-20-14-17-16(28-24(29-17)15-7-3-4-11-26-15)13-19(20)33-18-8-6-12-27-23(18)25/h3-4,6-8,10-14H,2,5,9H2,1H3,(H,28,29). The number of aromatic nitrogens is 4. The highest BCUT2D eigenvalue weighted by atomic mass is 32.2. The molecule has 0 fully saturated rings. The summed E-state index contributed by atoms with van der Waals surface area (Å²) in [6, 6.07) is 11.7. The zero-order chi connectivity index (χ0) is 24.4. The Kier molecular flexibility index (Phi) is 6.00. The van der Waals surface area contributed by atoms with Gasteiger partial charge >= 0.3 is 0 Å². The van der Waals surface area contributed by atoms with Gasteiger partial charge in [-0.3, -0.25) is 4.98 Å². The van der Waals surface area contributed by atoms with Gasteiger partial charge in [0.15, 0.2) is 43.8 Å².